The van der Waals surface area contributed by atoms with Crippen molar-refractivity contribution < 1.29 is 24.3 Å². The van der Waals surface area contributed by atoms with E-state index in [-0.39, 0.29) is 17.7 Å². The molecular formula is C20H36N4O5. The Hall–Kier alpha value is -2.16. The van der Waals surface area contributed by atoms with Crippen LogP contribution in [0.1, 0.15) is 66.7 Å². The van der Waals surface area contributed by atoms with E-state index in [4.69, 9.17) is 10.8 Å². The van der Waals surface area contributed by atoms with E-state index in [1.165, 1.54) is 6.92 Å². The number of hydrogen-bond donors (Lipinski definition) is 5. The van der Waals surface area contributed by atoms with Gasteiger partial charge in [0.25, 0.3) is 0 Å². The molecule has 1 rings (SSSR count). The van der Waals surface area contributed by atoms with E-state index in [1.54, 1.807) is 0 Å². The number of hydrogen-bond acceptors (Lipinski definition) is 5. The molecule has 0 spiro atoms. The third-order valence-corrected chi connectivity index (χ3v) is 5.79. The van der Waals surface area contributed by atoms with Crippen molar-refractivity contribution >= 4 is 23.7 Å². The van der Waals surface area contributed by atoms with E-state index in [9.17, 15) is 19.2 Å². The molecule has 166 valence electrons. The van der Waals surface area contributed by atoms with Crippen LogP contribution in [0.3, 0.4) is 0 Å². The summed E-state index contributed by atoms with van der Waals surface area (Å²) in [4.78, 5) is 49.4. The average Bonchev–Trinajstić information content (AvgIpc) is 3.13. The third kappa shape index (κ3) is 6.42. The summed E-state index contributed by atoms with van der Waals surface area (Å²) in [5.74, 6) is -2.82. The molecule has 1 fully saturated rings. The Balaban J connectivity index is 3.00. The second-order valence-electron chi connectivity index (χ2n) is 8.45. The maximum Gasteiger partial charge on any atom is 0.325 e. The number of aliphatic carboxylic acids is 1. The van der Waals surface area contributed by atoms with Crippen LogP contribution in [-0.2, 0) is 19.2 Å². The standard InChI is InChI=1S/C20H36N4O5/c1-6-12(4)15(17(26)22-13(5)18(27)28)23-19(29)20(9-7-8-10-20)24-16(25)14(21)11(2)3/h11-15H,6-10,21H2,1-5H3,(H,22,26)(H,23,29)(H,24,25)(H,27,28)/t12-,13-,14-,15-/m0/s1. The van der Waals surface area contributed by atoms with Crippen molar-refractivity contribution in [3.8, 4) is 0 Å². The van der Waals surface area contributed by atoms with Crippen molar-refractivity contribution in [2.45, 2.75) is 90.4 Å². The molecule has 0 bridgehead atoms. The lowest BCUT2D eigenvalue weighted by Crippen LogP contribution is -2.64. The highest BCUT2D eigenvalue weighted by Crippen LogP contribution is 2.30. The first-order valence-corrected chi connectivity index (χ1v) is 10.4. The first kappa shape index (κ1) is 24.9. The normalized spacial score (nSPS) is 19.7. The first-order chi connectivity index (χ1) is 13.4. The smallest absolute Gasteiger partial charge is 0.325 e. The minimum Gasteiger partial charge on any atom is -0.480 e. The summed E-state index contributed by atoms with van der Waals surface area (Å²) in [7, 11) is 0. The molecule has 0 aromatic rings. The van der Waals surface area contributed by atoms with Crippen molar-refractivity contribution in [3.63, 3.8) is 0 Å². The maximum absolute atomic E-state index is 13.2. The molecular weight excluding hydrogens is 376 g/mol. The van der Waals surface area contributed by atoms with Crippen LogP contribution < -0.4 is 21.7 Å². The van der Waals surface area contributed by atoms with E-state index in [1.807, 2.05) is 27.7 Å². The molecule has 1 aliphatic rings. The zero-order valence-electron chi connectivity index (χ0n) is 18.1. The monoisotopic (exact) mass is 412 g/mol. The van der Waals surface area contributed by atoms with Crippen molar-refractivity contribution in [2.24, 2.45) is 17.6 Å². The predicted octanol–water partition coefficient (Wildman–Crippen LogP) is 0.519. The Kier molecular flexibility index (Phi) is 9.07. The summed E-state index contributed by atoms with van der Waals surface area (Å²) >= 11 is 0. The van der Waals surface area contributed by atoms with Crippen molar-refractivity contribution in [1.82, 2.24) is 16.0 Å². The molecule has 0 aromatic heterocycles. The van der Waals surface area contributed by atoms with Crippen LogP contribution in [0.2, 0.25) is 0 Å². The summed E-state index contributed by atoms with van der Waals surface area (Å²) < 4.78 is 0. The number of amides is 3. The summed E-state index contributed by atoms with van der Waals surface area (Å²) in [6.07, 6.45) is 3.10. The van der Waals surface area contributed by atoms with E-state index in [0.29, 0.717) is 19.3 Å². The molecule has 3 amide bonds. The Morgan fingerprint density at radius 2 is 1.55 bits per heavy atom. The molecule has 0 aliphatic heterocycles. The second kappa shape index (κ2) is 10.6. The zero-order chi connectivity index (χ0) is 22.4. The summed E-state index contributed by atoms with van der Waals surface area (Å²) in [6, 6.07) is -2.71. The minimum atomic E-state index is -1.16. The van der Waals surface area contributed by atoms with Crippen molar-refractivity contribution in [1.29, 1.82) is 0 Å². The minimum absolute atomic E-state index is 0.0762. The second-order valence-corrected chi connectivity index (χ2v) is 8.45. The lowest BCUT2D eigenvalue weighted by atomic mass is 9.92. The number of rotatable bonds is 10. The van der Waals surface area contributed by atoms with Gasteiger partial charge in [-0.3, -0.25) is 19.2 Å². The van der Waals surface area contributed by atoms with Crippen LogP contribution in [0, 0.1) is 11.8 Å². The number of nitrogens with one attached hydrogen (secondary N) is 3. The molecule has 29 heavy (non-hydrogen) atoms. The summed E-state index contributed by atoms with van der Waals surface area (Å²) in [5, 5.41) is 17.1. The average molecular weight is 413 g/mol. The van der Waals surface area contributed by atoms with E-state index in [2.05, 4.69) is 16.0 Å². The fourth-order valence-electron chi connectivity index (χ4n) is 3.36. The molecule has 9 heteroatoms. The highest BCUT2D eigenvalue weighted by atomic mass is 16.4. The Morgan fingerprint density at radius 3 is 2.00 bits per heavy atom. The number of carboxylic acid groups (broad SMARTS) is 1. The molecule has 1 saturated carbocycles. The Labute approximate surface area is 172 Å². The van der Waals surface area contributed by atoms with Crippen LogP contribution in [0.5, 0.6) is 0 Å². The van der Waals surface area contributed by atoms with Gasteiger partial charge in [-0.2, -0.15) is 0 Å². The molecule has 0 heterocycles. The van der Waals surface area contributed by atoms with Crippen LogP contribution in [0.25, 0.3) is 0 Å². The molecule has 0 radical (unpaired) electrons. The van der Waals surface area contributed by atoms with Gasteiger partial charge in [-0.25, -0.2) is 0 Å². The zero-order valence-corrected chi connectivity index (χ0v) is 18.1. The third-order valence-electron chi connectivity index (χ3n) is 5.79. The van der Waals surface area contributed by atoms with Crippen LogP contribution in [0.4, 0.5) is 0 Å². The van der Waals surface area contributed by atoms with E-state index in [0.717, 1.165) is 12.8 Å². The van der Waals surface area contributed by atoms with E-state index < -0.39 is 41.4 Å². The fourth-order valence-corrected chi connectivity index (χ4v) is 3.36. The van der Waals surface area contributed by atoms with Gasteiger partial charge in [-0.05, 0) is 31.6 Å². The fraction of sp³-hybridized carbons (Fsp3) is 0.800. The SMILES string of the molecule is CC[C@H](C)[C@H](NC(=O)C1(NC(=O)[C@@H](N)C(C)C)CCCC1)C(=O)N[C@@H](C)C(=O)O. The molecule has 0 unspecified atom stereocenters. The molecule has 6 N–H and O–H groups in total. The quantitative estimate of drug-likeness (QED) is 0.353. The van der Waals surface area contributed by atoms with Gasteiger partial charge in [0, 0.05) is 0 Å². The van der Waals surface area contributed by atoms with Gasteiger partial charge >= 0.3 is 5.97 Å². The predicted molar refractivity (Wildman–Crippen MR) is 109 cm³/mol. The Morgan fingerprint density at radius 1 is 1.00 bits per heavy atom. The molecule has 9 nitrogen and oxygen atoms in total. The van der Waals surface area contributed by atoms with Gasteiger partial charge in [0.2, 0.25) is 17.7 Å². The van der Waals surface area contributed by atoms with Gasteiger partial charge in [-0.1, -0.05) is 47.0 Å². The topological polar surface area (TPSA) is 151 Å². The molecule has 4 atom stereocenters. The summed E-state index contributed by atoms with van der Waals surface area (Å²) in [5.41, 5.74) is 4.83. The van der Waals surface area contributed by atoms with Gasteiger partial charge in [-0.15, -0.1) is 0 Å². The van der Waals surface area contributed by atoms with Crippen molar-refractivity contribution in [2.75, 3.05) is 0 Å². The number of nitrogens with two attached hydrogens (primary N) is 1. The van der Waals surface area contributed by atoms with Crippen LogP contribution in [-0.4, -0.2) is 52.5 Å². The first-order valence-electron chi connectivity index (χ1n) is 10.4. The largest absolute Gasteiger partial charge is 0.480 e. The van der Waals surface area contributed by atoms with Crippen LogP contribution in [0.15, 0.2) is 0 Å². The highest BCUT2D eigenvalue weighted by molar-refractivity contribution is 5.96. The van der Waals surface area contributed by atoms with Gasteiger partial charge < -0.3 is 26.8 Å². The number of carbonyl (C=O) groups excluding carboxylic acids is 3. The number of carboxylic acids is 1. The van der Waals surface area contributed by atoms with E-state index >= 15 is 0 Å². The van der Waals surface area contributed by atoms with Gasteiger partial charge in [0.05, 0.1) is 6.04 Å². The molecule has 1 aliphatic carbocycles. The number of carbonyl (C=O) groups is 4. The molecule has 0 saturated heterocycles. The lowest BCUT2D eigenvalue weighted by Gasteiger charge is -2.34. The van der Waals surface area contributed by atoms with Crippen LogP contribution >= 0.6 is 0 Å². The van der Waals surface area contributed by atoms with Gasteiger partial charge in [0.1, 0.15) is 17.6 Å². The Bertz CT molecular complexity index is 616. The lowest BCUT2D eigenvalue weighted by molar-refractivity contribution is -0.142. The molecule has 0 aromatic carbocycles. The van der Waals surface area contributed by atoms with Gasteiger partial charge in [0.15, 0.2) is 0 Å². The van der Waals surface area contributed by atoms with Crippen molar-refractivity contribution in [3.05, 3.63) is 0 Å². The summed E-state index contributed by atoms with van der Waals surface area (Å²) in [6.45, 7) is 8.72. The maximum atomic E-state index is 13.2. The highest BCUT2D eigenvalue weighted by Gasteiger charge is 2.45.